The van der Waals surface area contributed by atoms with Crippen LogP contribution in [0.5, 0.6) is 0 Å². The largest absolute Gasteiger partial charge is 0.349 e. The number of aryl methyl sites for hydroxylation is 1. The second kappa shape index (κ2) is 7.07. The fourth-order valence-electron chi connectivity index (χ4n) is 2.13. The third-order valence-electron chi connectivity index (χ3n) is 3.10. The molecule has 0 aromatic carbocycles. The van der Waals surface area contributed by atoms with Crippen LogP contribution in [0.15, 0.2) is 17.2 Å². The molecule has 5 nitrogen and oxygen atoms in total. The van der Waals surface area contributed by atoms with Gasteiger partial charge in [0.1, 0.15) is 4.90 Å². The van der Waals surface area contributed by atoms with Gasteiger partial charge in [0.05, 0.1) is 0 Å². The maximum atomic E-state index is 12.5. The second-order valence-electron chi connectivity index (χ2n) is 4.56. The fourth-order valence-corrected chi connectivity index (χ4v) is 3.74. The van der Waals surface area contributed by atoms with E-state index in [0.717, 1.165) is 25.1 Å². The van der Waals surface area contributed by atoms with E-state index in [4.69, 9.17) is 5.73 Å². The molecule has 0 saturated carbocycles. The molecule has 1 aromatic rings. The zero-order valence-electron chi connectivity index (χ0n) is 12.1. The Bertz CT molecular complexity index is 494. The molecule has 0 spiro atoms. The van der Waals surface area contributed by atoms with Crippen molar-refractivity contribution in [3.63, 3.8) is 0 Å². The zero-order chi connectivity index (χ0) is 14.5. The molecule has 1 heterocycles. The van der Waals surface area contributed by atoms with Crippen LogP contribution >= 0.6 is 0 Å². The lowest BCUT2D eigenvalue weighted by molar-refractivity contribution is 0.427. The molecule has 0 aliphatic carbocycles. The summed E-state index contributed by atoms with van der Waals surface area (Å²) in [6, 6.07) is 1.70. The summed E-state index contributed by atoms with van der Waals surface area (Å²) in [5.74, 6) is 0. The Hall–Kier alpha value is -0.850. The highest BCUT2D eigenvalue weighted by atomic mass is 32.2. The minimum absolute atomic E-state index is 0.357. The monoisotopic (exact) mass is 287 g/mol. The van der Waals surface area contributed by atoms with E-state index in [2.05, 4.69) is 6.92 Å². The molecule has 0 bridgehead atoms. The first-order chi connectivity index (χ1) is 9.01. The SMILES string of the molecule is CCCN(CC)S(=O)(=O)c1cc(CN)n(CCC)c1. The number of hydrogen-bond donors (Lipinski definition) is 1. The van der Waals surface area contributed by atoms with Crippen LogP contribution in [-0.2, 0) is 23.1 Å². The van der Waals surface area contributed by atoms with Gasteiger partial charge in [0, 0.05) is 38.1 Å². The predicted molar refractivity (Wildman–Crippen MR) is 77.3 cm³/mol. The molecule has 0 atom stereocenters. The van der Waals surface area contributed by atoms with E-state index in [9.17, 15) is 8.42 Å². The molecule has 2 N–H and O–H groups in total. The molecule has 6 heteroatoms. The van der Waals surface area contributed by atoms with E-state index in [1.54, 1.807) is 12.3 Å². The van der Waals surface area contributed by atoms with Crippen molar-refractivity contribution < 1.29 is 8.42 Å². The van der Waals surface area contributed by atoms with Crippen LogP contribution < -0.4 is 5.73 Å². The van der Waals surface area contributed by atoms with Crippen LogP contribution in [0.4, 0.5) is 0 Å². The van der Waals surface area contributed by atoms with Crippen LogP contribution in [-0.4, -0.2) is 30.4 Å². The Morgan fingerprint density at radius 3 is 2.42 bits per heavy atom. The van der Waals surface area contributed by atoms with E-state index < -0.39 is 10.0 Å². The van der Waals surface area contributed by atoms with Crippen LogP contribution in [0.25, 0.3) is 0 Å². The number of hydrogen-bond acceptors (Lipinski definition) is 3. The molecule has 19 heavy (non-hydrogen) atoms. The van der Waals surface area contributed by atoms with Gasteiger partial charge in [-0.25, -0.2) is 8.42 Å². The van der Waals surface area contributed by atoms with Crippen LogP contribution in [0, 0.1) is 0 Å². The average Bonchev–Trinajstić information content (AvgIpc) is 2.80. The minimum Gasteiger partial charge on any atom is -0.349 e. The van der Waals surface area contributed by atoms with E-state index >= 15 is 0 Å². The summed E-state index contributed by atoms with van der Waals surface area (Å²) in [6.45, 7) is 8.09. The molecular weight excluding hydrogens is 262 g/mol. The highest BCUT2D eigenvalue weighted by Gasteiger charge is 2.24. The Morgan fingerprint density at radius 2 is 1.95 bits per heavy atom. The van der Waals surface area contributed by atoms with Crippen molar-refractivity contribution in [1.82, 2.24) is 8.87 Å². The molecule has 0 aliphatic rings. The molecule has 0 aliphatic heterocycles. The lowest BCUT2D eigenvalue weighted by Gasteiger charge is -2.18. The Morgan fingerprint density at radius 1 is 1.26 bits per heavy atom. The fraction of sp³-hybridized carbons (Fsp3) is 0.692. The average molecular weight is 287 g/mol. The Balaban J connectivity index is 3.13. The minimum atomic E-state index is -3.39. The van der Waals surface area contributed by atoms with Crippen molar-refractivity contribution in [3.05, 3.63) is 18.0 Å². The molecule has 110 valence electrons. The topological polar surface area (TPSA) is 68.3 Å². The van der Waals surface area contributed by atoms with Crippen molar-refractivity contribution in [3.8, 4) is 0 Å². The van der Waals surface area contributed by atoms with Crippen molar-refractivity contribution >= 4 is 10.0 Å². The molecule has 0 saturated heterocycles. The first kappa shape index (κ1) is 16.2. The van der Waals surface area contributed by atoms with E-state index in [1.807, 2.05) is 18.4 Å². The summed E-state index contributed by atoms with van der Waals surface area (Å²) in [6.07, 6.45) is 3.47. The first-order valence-electron chi connectivity index (χ1n) is 6.90. The number of nitrogens with zero attached hydrogens (tertiary/aromatic N) is 2. The van der Waals surface area contributed by atoms with Crippen molar-refractivity contribution in [2.75, 3.05) is 13.1 Å². The molecule has 0 unspecified atom stereocenters. The van der Waals surface area contributed by atoms with Gasteiger partial charge in [-0.05, 0) is 18.9 Å². The van der Waals surface area contributed by atoms with Crippen LogP contribution in [0.1, 0.15) is 39.3 Å². The third-order valence-corrected chi connectivity index (χ3v) is 5.04. The molecule has 0 amide bonds. The maximum absolute atomic E-state index is 12.5. The van der Waals surface area contributed by atoms with Gasteiger partial charge in [-0.3, -0.25) is 0 Å². The van der Waals surface area contributed by atoms with Gasteiger partial charge in [-0.1, -0.05) is 20.8 Å². The van der Waals surface area contributed by atoms with Gasteiger partial charge in [0.2, 0.25) is 10.0 Å². The van der Waals surface area contributed by atoms with Gasteiger partial charge in [-0.2, -0.15) is 4.31 Å². The van der Waals surface area contributed by atoms with Gasteiger partial charge in [0.15, 0.2) is 0 Å². The summed E-state index contributed by atoms with van der Waals surface area (Å²) in [4.78, 5) is 0.358. The second-order valence-corrected chi connectivity index (χ2v) is 6.50. The van der Waals surface area contributed by atoms with Crippen molar-refractivity contribution in [1.29, 1.82) is 0 Å². The molecule has 0 radical (unpaired) electrons. The summed E-state index contributed by atoms with van der Waals surface area (Å²) >= 11 is 0. The summed E-state index contributed by atoms with van der Waals surface area (Å²) < 4.78 is 28.5. The maximum Gasteiger partial charge on any atom is 0.244 e. The number of aromatic nitrogens is 1. The van der Waals surface area contributed by atoms with Gasteiger partial charge in [0.25, 0.3) is 0 Å². The van der Waals surface area contributed by atoms with E-state index in [0.29, 0.717) is 24.5 Å². The van der Waals surface area contributed by atoms with Gasteiger partial charge < -0.3 is 10.3 Å². The smallest absolute Gasteiger partial charge is 0.244 e. The summed E-state index contributed by atoms with van der Waals surface area (Å²) in [5.41, 5.74) is 6.54. The van der Waals surface area contributed by atoms with Gasteiger partial charge >= 0.3 is 0 Å². The lowest BCUT2D eigenvalue weighted by atomic mass is 10.4. The quantitative estimate of drug-likeness (QED) is 0.792. The standard InChI is InChI=1S/C13H25N3O2S/c1-4-7-15-11-13(9-12(15)10-14)19(17,18)16(6-3)8-5-2/h9,11H,4-8,10,14H2,1-3H3. The molecule has 1 rings (SSSR count). The third kappa shape index (κ3) is 3.58. The number of rotatable bonds is 8. The van der Waals surface area contributed by atoms with Crippen LogP contribution in [0.3, 0.4) is 0 Å². The Labute approximate surface area is 116 Å². The van der Waals surface area contributed by atoms with Crippen molar-refractivity contribution in [2.45, 2.75) is 51.6 Å². The molecule has 0 fully saturated rings. The highest BCUT2D eigenvalue weighted by molar-refractivity contribution is 7.89. The summed E-state index contributed by atoms with van der Waals surface area (Å²) in [7, 11) is -3.39. The van der Waals surface area contributed by atoms with E-state index in [1.165, 1.54) is 4.31 Å². The lowest BCUT2D eigenvalue weighted by Crippen LogP contribution is -2.31. The predicted octanol–water partition coefficient (Wildman–Crippen LogP) is 1.78. The van der Waals surface area contributed by atoms with Crippen molar-refractivity contribution in [2.24, 2.45) is 5.73 Å². The zero-order valence-corrected chi connectivity index (χ0v) is 12.9. The normalized spacial score (nSPS) is 12.3. The number of nitrogens with two attached hydrogens (primary N) is 1. The van der Waals surface area contributed by atoms with E-state index in [-0.39, 0.29) is 0 Å². The van der Waals surface area contributed by atoms with Gasteiger partial charge in [-0.15, -0.1) is 0 Å². The van der Waals surface area contributed by atoms with Crippen LogP contribution in [0.2, 0.25) is 0 Å². The molecule has 1 aromatic heterocycles. The first-order valence-corrected chi connectivity index (χ1v) is 8.34. The number of sulfonamides is 1. The Kier molecular flexibility index (Phi) is 6.03. The summed E-state index contributed by atoms with van der Waals surface area (Å²) in [5, 5.41) is 0. The molecular formula is C13H25N3O2S. The highest BCUT2D eigenvalue weighted by Crippen LogP contribution is 2.19.